The highest BCUT2D eigenvalue weighted by Crippen LogP contribution is 2.48. The molecule has 6 heteroatoms. The summed E-state index contributed by atoms with van der Waals surface area (Å²) in [6.45, 7) is 0. The minimum Gasteiger partial charge on any atom is -0.464 e. The van der Waals surface area contributed by atoms with Crippen LogP contribution in [0.2, 0.25) is 0 Å². The van der Waals surface area contributed by atoms with Crippen LogP contribution >= 0.6 is 15.9 Å². The first-order chi connectivity index (χ1) is 12.7. The lowest BCUT2D eigenvalue weighted by atomic mass is 9.97. The van der Waals surface area contributed by atoms with Crippen LogP contribution in [0.5, 0.6) is 5.75 Å². The van der Waals surface area contributed by atoms with Crippen LogP contribution in [0.15, 0.2) is 74.9 Å². The van der Waals surface area contributed by atoms with Crippen molar-refractivity contribution in [1.82, 2.24) is 5.01 Å². The molecule has 2 aromatic carbocycles. The fourth-order valence-electron chi connectivity index (χ4n) is 3.53. The molecule has 0 N–H and O–H groups in total. The van der Waals surface area contributed by atoms with Crippen molar-refractivity contribution in [3.05, 3.63) is 88.0 Å². The number of nitrogens with zero attached hydrogens (tertiary/aromatic N) is 2. The van der Waals surface area contributed by atoms with Gasteiger partial charge in [-0.15, -0.1) is 0 Å². The Morgan fingerprint density at radius 2 is 2.04 bits per heavy atom. The quantitative estimate of drug-likeness (QED) is 0.563. The highest BCUT2D eigenvalue weighted by Gasteiger charge is 2.41. The van der Waals surface area contributed by atoms with Crippen LogP contribution in [0.4, 0.5) is 4.39 Å². The molecule has 130 valence electrons. The van der Waals surface area contributed by atoms with Crippen molar-refractivity contribution < 1.29 is 13.5 Å². The number of hydrogen-bond acceptors (Lipinski definition) is 4. The van der Waals surface area contributed by atoms with E-state index in [4.69, 9.17) is 14.3 Å². The molecule has 2 aliphatic rings. The maximum absolute atomic E-state index is 13.8. The van der Waals surface area contributed by atoms with Gasteiger partial charge in [-0.25, -0.2) is 9.40 Å². The second-order valence-corrected chi connectivity index (χ2v) is 7.25. The smallest absolute Gasteiger partial charge is 0.213 e. The predicted molar refractivity (Wildman–Crippen MR) is 98.4 cm³/mol. The number of benzene rings is 2. The molecule has 0 radical (unpaired) electrons. The van der Waals surface area contributed by atoms with E-state index in [2.05, 4.69) is 22.0 Å². The Balaban J connectivity index is 1.63. The average Bonchev–Trinajstić information content (AvgIpc) is 3.31. The van der Waals surface area contributed by atoms with Crippen molar-refractivity contribution in [1.29, 1.82) is 0 Å². The van der Waals surface area contributed by atoms with E-state index in [1.165, 1.54) is 12.1 Å². The average molecular weight is 413 g/mol. The van der Waals surface area contributed by atoms with Crippen LogP contribution < -0.4 is 4.74 Å². The number of rotatable bonds is 2. The molecule has 0 aliphatic carbocycles. The number of hydrogen-bond donors (Lipinski definition) is 0. The zero-order chi connectivity index (χ0) is 17.7. The molecular weight excluding hydrogens is 399 g/mol. The number of ether oxygens (including phenoxy) is 1. The molecule has 26 heavy (non-hydrogen) atoms. The van der Waals surface area contributed by atoms with Gasteiger partial charge in [0.15, 0.2) is 0 Å². The maximum Gasteiger partial charge on any atom is 0.213 e. The Bertz CT molecular complexity index is 1000. The lowest BCUT2D eigenvalue weighted by Gasteiger charge is -2.38. The van der Waals surface area contributed by atoms with E-state index in [1.54, 1.807) is 12.3 Å². The van der Waals surface area contributed by atoms with Crippen molar-refractivity contribution in [2.24, 2.45) is 5.10 Å². The molecule has 0 amide bonds. The van der Waals surface area contributed by atoms with Crippen LogP contribution in [-0.4, -0.2) is 10.7 Å². The Labute approximate surface area is 158 Å². The van der Waals surface area contributed by atoms with Crippen molar-refractivity contribution in [2.75, 3.05) is 0 Å². The number of halogens is 2. The van der Waals surface area contributed by atoms with Gasteiger partial charge in [-0.05, 0) is 42.5 Å². The van der Waals surface area contributed by atoms with E-state index in [1.807, 2.05) is 35.3 Å². The third-order valence-electron chi connectivity index (χ3n) is 4.69. The Morgan fingerprint density at radius 3 is 2.85 bits per heavy atom. The zero-order valence-corrected chi connectivity index (χ0v) is 15.2. The highest BCUT2D eigenvalue weighted by atomic mass is 79.9. The molecule has 0 bridgehead atoms. The standard InChI is InChI=1S/C20H14BrFN2O2/c21-13-6-7-18-15(10-13)17-11-16(19-5-2-8-25-19)23-24(17)20(26-18)12-3-1-4-14(22)9-12/h1-10,17,20H,11H2/t17-,20-/m0/s1. The molecule has 0 spiro atoms. The second-order valence-electron chi connectivity index (χ2n) is 6.33. The molecule has 1 aromatic heterocycles. The minimum absolute atomic E-state index is 0.00428. The Hall–Kier alpha value is -2.60. The molecule has 5 rings (SSSR count). The summed E-state index contributed by atoms with van der Waals surface area (Å²) in [6, 6.07) is 16.1. The van der Waals surface area contributed by atoms with Gasteiger partial charge >= 0.3 is 0 Å². The van der Waals surface area contributed by atoms with E-state index in [9.17, 15) is 4.39 Å². The van der Waals surface area contributed by atoms with Gasteiger partial charge in [0.2, 0.25) is 6.23 Å². The predicted octanol–water partition coefficient (Wildman–Crippen LogP) is 5.42. The largest absolute Gasteiger partial charge is 0.464 e. The number of furan rings is 1. The zero-order valence-electron chi connectivity index (χ0n) is 13.6. The fourth-order valence-corrected chi connectivity index (χ4v) is 3.91. The third kappa shape index (κ3) is 2.52. The molecule has 2 atom stereocenters. The van der Waals surface area contributed by atoms with Crippen molar-refractivity contribution in [3.8, 4) is 5.75 Å². The third-order valence-corrected chi connectivity index (χ3v) is 5.18. The molecule has 3 heterocycles. The van der Waals surface area contributed by atoms with Crippen LogP contribution in [-0.2, 0) is 0 Å². The summed E-state index contributed by atoms with van der Waals surface area (Å²) in [5.74, 6) is 1.24. The van der Waals surface area contributed by atoms with Gasteiger partial charge in [0.1, 0.15) is 23.0 Å². The van der Waals surface area contributed by atoms with Gasteiger partial charge in [-0.2, -0.15) is 5.10 Å². The van der Waals surface area contributed by atoms with Crippen molar-refractivity contribution in [2.45, 2.75) is 18.7 Å². The van der Waals surface area contributed by atoms with Gasteiger partial charge in [-0.3, -0.25) is 0 Å². The SMILES string of the molecule is Fc1cccc([C@@H]2Oc3ccc(Br)cc3[C@@H]3CC(c4ccco4)=NN32)c1. The minimum atomic E-state index is -0.489. The Morgan fingerprint density at radius 1 is 1.12 bits per heavy atom. The van der Waals surface area contributed by atoms with Gasteiger partial charge in [0.05, 0.1) is 12.3 Å². The molecule has 0 fully saturated rings. The van der Waals surface area contributed by atoms with E-state index in [0.717, 1.165) is 32.8 Å². The summed E-state index contributed by atoms with van der Waals surface area (Å²) < 4.78 is 26.5. The Kier molecular flexibility index (Phi) is 3.60. The lowest BCUT2D eigenvalue weighted by Crippen LogP contribution is -2.33. The summed E-state index contributed by atoms with van der Waals surface area (Å²) in [5.41, 5.74) is 2.64. The summed E-state index contributed by atoms with van der Waals surface area (Å²) in [5, 5.41) is 6.67. The van der Waals surface area contributed by atoms with Crippen LogP contribution in [0, 0.1) is 5.82 Å². The lowest BCUT2D eigenvalue weighted by molar-refractivity contribution is -0.0192. The fraction of sp³-hybridized carbons (Fsp3) is 0.150. The highest BCUT2D eigenvalue weighted by molar-refractivity contribution is 9.10. The van der Waals surface area contributed by atoms with E-state index in [-0.39, 0.29) is 11.9 Å². The molecule has 0 saturated heterocycles. The summed E-state index contributed by atoms with van der Waals surface area (Å²) in [6.07, 6.45) is 1.85. The first-order valence-corrected chi connectivity index (χ1v) is 9.09. The van der Waals surface area contributed by atoms with Crippen molar-refractivity contribution >= 4 is 21.6 Å². The first kappa shape index (κ1) is 15.6. The maximum atomic E-state index is 13.8. The summed E-state index contributed by atoms with van der Waals surface area (Å²) in [4.78, 5) is 0. The topological polar surface area (TPSA) is 38.0 Å². The molecule has 0 saturated carbocycles. The molecule has 0 unspecified atom stereocenters. The van der Waals surface area contributed by atoms with E-state index in [0.29, 0.717) is 6.42 Å². The van der Waals surface area contributed by atoms with Crippen molar-refractivity contribution in [3.63, 3.8) is 0 Å². The van der Waals surface area contributed by atoms with E-state index < -0.39 is 6.23 Å². The summed E-state index contributed by atoms with van der Waals surface area (Å²) >= 11 is 3.53. The second kappa shape index (κ2) is 5.99. The molecule has 2 aliphatic heterocycles. The van der Waals surface area contributed by atoms with Crippen LogP contribution in [0.1, 0.15) is 35.6 Å². The molecule has 4 nitrogen and oxygen atoms in total. The molecule has 3 aromatic rings. The van der Waals surface area contributed by atoms with Gasteiger partial charge < -0.3 is 9.15 Å². The monoisotopic (exact) mass is 412 g/mol. The summed E-state index contributed by atoms with van der Waals surface area (Å²) in [7, 11) is 0. The number of hydrazone groups is 1. The normalized spacial score (nSPS) is 21.0. The first-order valence-electron chi connectivity index (χ1n) is 8.30. The van der Waals surface area contributed by atoms with E-state index >= 15 is 0 Å². The van der Waals surface area contributed by atoms with Crippen LogP contribution in [0.25, 0.3) is 0 Å². The van der Waals surface area contributed by atoms with Gasteiger partial charge in [0.25, 0.3) is 0 Å². The van der Waals surface area contributed by atoms with Gasteiger partial charge in [0, 0.05) is 22.0 Å². The van der Waals surface area contributed by atoms with Gasteiger partial charge in [-0.1, -0.05) is 28.1 Å². The number of fused-ring (bicyclic) bond motifs is 3. The van der Waals surface area contributed by atoms with Crippen LogP contribution in [0.3, 0.4) is 0 Å². The molecular formula is C20H14BrFN2O2.